The molecule has 0 spiro atoms. The number of aromatic nitrogens is 1. The molecule has 0 unspecified atom stereocenters. The van der Waals surface area contributed by atoms with Gasteiger partial charge in [-0.2, -0.15) is 0 Å². The van der Waals surface area contributed by atoms with Crippen molar-refractivity contribution in [2.75, 3.05) is 13.7 Å². The molecule has 11 heteroatoms. The number of nitrogens with zero attached hydrogens (tertiary/aromatic N) is 2. The largest absolute Gasteiger partial charge is 0.493 e. The zero-order chi connectivity index (χ0) is 30.0. The van der Waals surface area contributed by atoms with Crippen LogP contribution in [0.15, 0.2) is 81.7 Å². The van der Waals surface area contributed by atoms with Crippen LogP contribution in [0.1, 0.15) is 36.6 Å². The van der Waals surface area contributed by atoms with Gasteiger partial charge in [0.1, 0.15) is 18.2 Å². The lowest BCUT2D eigenvalue weighted by Crippen LogP contribution is -2.39. The lowest BCUT2D eigenvalue weighted by Gasteiger charge is -2.24. The number of hydrogen-bond donors (Lipinski definition) is 0. The predicted octanol–water partition coefficient (Wildman–Crippen LogP) is 5.27. The molecule has 0 amide bonds. The zero-order valence-corrected chi connectivity index (χ0v) is 25.8. The SMILES string of the molecule is CCOC(=O)C1=C(C)N=c2s/c(=C\c3cc(I)c(OCc4ccc(F)cc4)c(OC)c3)c(=O)n2[C@@H]1c1ccc(F)cc1. The number of rotatable bonds is 8. The van der Waals surface area contributed by atoms with Crippen LogP contribution in [-0.2, 0) is 16.1 Å². The molecule has 5 rings (SSSR count). The van der Waals surface area contributed by atoms with E-state index in [1.165, 1.54) is 47.3 Å². The molecule has 0 saturated heterocycles. The van der Waals surface area contributed by atoms with Gasteiger partial charge in [0, 0.05) is 0 Å². The smallest absolute Gasteiger partial charge is 0.338 e. The second kappa shape index (κ2) is 12.6. The lowest BCUT2D eigenvalue weighted by molar-refractivity contribution is -0.139. The molecule has 1 aliphatic rings. The number of halogens is 3. The van der Waals surface area contributed by atoms with Gasteiger partial charge in [-0.1, -0.05) is 35.6 Å². The van der Waals surface area contributed by atoms with Crippen molar-refractivity contribution in [3.63, 3.8) is 0 Å². The number of ether oxygens (including phenoxy) is 3. The van der Waals surface area contributed by atoms with Gasteiger partial charge in [0.15, 0.2) is 16.3 Å². The van der Waals surface area contributed by atoms with Crippen LogP contribution in [0.5, 0.6) is 11.5 Å². The first-order valence-electron chi connectivity index (χ1n) is 12.9. The summed E-state index contributed by atoms with van der Waals surface area (Å²) in [4.78, 5) is 31.8. The first-order chi connectivity index (χ1) is 20.2. The van der Waals surface area contributed by atoms with Crippen LogP contribution >= 0.6 is 33.9 Å². The van der Waals surface area contributed by atoms with Crippen molar-refractivity contribution < 1.29 is 27.8 Å². The Morgan fingerprint density at radius 1 is 1.10 bits per heavy atom. The Hall–Kier alpha value is -3.84. The Morgan fingerprint density at radius 2 is 1.76 bits per heavy atom. The van der Waals surface area contributed by atoms with E-state index < -0.39 is 17.8 Å². The molecule has 1 atom stereocenters. The van der Waals surface area contributed by atoms with E-state index in [0.717, 1.165) is 9.13 Å². The summed E-state index contributed by atoms with van der Waals surface area (Å²) in [5, 5.41) is 0. The Kier molecular flexibility index (Phi) is 8.88. The van der Waals surface area contributed by atoms with Crippen LogP contribution in [0.25, 0.3) is 6.08 Å². The summed E-state index contributed by atoms with van der Waals surface area (Å²) in [6.07, 6.45) is 1.73. The molecule has 1 aliphatic heterocycles. The number of thiazole rings is 1. The summed E-state index contributed by atoms with van der Waals surface area (Å²) < 4.78 is 46.5. The summed E-state index contributed by atoms with van der Waals surface area (Å²) >= 11 is 3.32. The van der Waals surface area contributed by atoms with E-state index in [1.807, 2.05) is 6.07 Å². The number of hydrogen-bond acceptors (Lipinski definition) is 7. The molecule has 4 aromatic rings. The highest BCUT2D eigenvalue weighted by molar-refractivity contribution is 14.1. The Balaban J connectivity index is 1.56. The van der Waals surface area contributed by atoms with Gasteiger partial charge >= 0.3 is 5.97 Å². The maximum atomic E-state index is 13.8. The third kappa shape index (κ3) is 6.02. The van der Waals surface area contributed by atoms with Gasteiger partial charge in [0.25, 0.3) is 5.56 Å². The molecule has 0 radical (unpaired) electrons. The average Bonchev–Trinajstić information content (AvgIpc) is 3.26. The molecule has 0 fully saturated rings. The Labute approximate surface area is 257 Å². The minimum atomic E-state index is -0.833. The number of benzene rings is 3. The molecule has 7 nitrogen and oxygen atoms in total. The number of carbonyl (C=O) groups is 1. The molecular formula is C31H25F2IN2O5S. The highest BCUT2D eigenvalue weighted by Gasteiger charge is 2.33. The lowest BCUT2D eigenvalue weighted by atomic mass is 9.96. The molecule has 0 bridgehead atoms. The van der Waals surface area contributed by atoms with Crippen molar-refractivity contribution in [2.24, 2.45) is 4.99 Å². The second-order valence-electron chi connectivity index (χ2n) is 9.30. The van der Waals surface area contributed by atoms with E-state index in [4.69, 9.17) is 14.2 Å². The van der Waals surface area contributed by atoms with Crippen molar-refractivity contribution in [3.05, 3.63) is 124 Å². The van der Waals surface area contributed by atoms with Crippen LogP contribution < -0.4 is 24.4 Å². The van der Waals surface area contributed by atoms with E-state index >= 15 is 0 Å². The third-order valence-electron chi connectivity index (χ3n) is 6.55. The molecule has 2 heterocycles. The topological polar surface area (TPSA) is 79.1 Å². The number of fused-ring (bicyclic) bond motifs is 1. The molecular weight excluding hydrogens is 677 g/mol. The summed E-state index contributed by atoms with van der Waals surface area (Å²) in [7, 11) is 1.52. The van der Waals surface area contributed by atoms with E-state index in [2.05, 4.69) is 27.6 Å². The monoisotopic (exact) mass is 702 g/mol. The van der Waals surface area contributed by atoms with Gasteiger partial charge in [-0.25, -0.2) is 18.6 Å². The minimum Gasteiger partial charge on any atom is -0.493 e. The minimum absolute atomic E-state index is 0.153. The van der Waals surface area contributed by atoms with Crippen LogP contribution in [0.3, 0.4) is 0 Å². The van der Waals surface area contributed by atoms with E-state index in [1.54, 1.807) is 50.3 Å². The van der Waals surface area contributed by atoms with Gasteiger partial charge in [0.2, 0.25) is 0 Å². The van der Waals surface area contributed by atoms with E-state index in [0.29, 0.717) is 37.7 Å². The predicted molar refractivity (Wildman–Crippen MR) is 163 cm³/mol. The van der Waals surface area contributed by atoms with Crippen molar-refractivity contribution in [1.29, 1.82) is 0 Å². The zero-order valence-electron chi connectivity index (χ0n) is 22.8. The summed E-state index contributed by atoms with van der Waals surface area (Å²) in [5.41, 5.74) is 2.34. The van der Waals surface area contributed by atoms with Crippen LogP contribution in [0, 0.1) is 15.2 Å². The van der Waals surface area contributed by atoms with E-state index in [-0.39, 0.29) is 30.2 Å². The van der Waals surface area contributed by atoms with Crippen molar-refractivity contribution in [3.8, 4) is 11.5 Å². The molecule has 0 aliphatic carbocycles. The summed E-state index contributed by atoms with van der Waals surface area (Å²) in [6.45, 7) is 3.76. The molecule has 0 saturated carbocycles. The fourth-order valence-corrected chi connectivity index (χ4v) is 6.43. The molecule has 0 N–H and O–H groups in total. The Bertz CT molecular complexity index is 1870. The van der Waals surface area contributed by atoms with Gasteiger partial charge in [-0.3, -0.25) is 9.36 Å². The number of methoxy groups -OCH3 is 1. The summed E-state index contributed by atoms with van der Waals surface area (Å²) in [6, 6.07) is 14.5. The standard InChI is InChI=1S/C31H25F2IN2O5S/c1-4-40-30(38)26-17(2)35-31-36(27(26)20-7-11-22(33)12-8-20)29(37)25(42-31)15-19-13-23(34)28(24(14-19)39-3)41-16-18-5-9-21(32)10-6-18/h5-15,27H,4,16H2,1-3H3/b25-15-/t27-/m1/s1. The molecule has 216 valence electrons. The first kappa shape index (κ1) is 29.6. The normalized spacial score (nSPS) is 14.8. The van der Waals surface area contributed by atoms with Crippen LogP contribution in [-0.4, -0.2) is 24.3 Å². The second-order valence-corrected chi connectivity index (χ2v) is 11.5. The average molecular weight is 703 g/mol. The first-order valence-corrected chi connectivity index (χ1v) is 14.8. The van der Waals surface area contributed by atoms with Gasteiger partial charge in [0.05, 0.1) is 39.1 Å². The fraction of sp³-hybridized carbons (Fsp3) is 0.194. The number of esters is 1. The maximum absolute atomic E-state index is 13.8. The van der Waals surface area contributed by atoms with Crippen molar-refractivity contribution >= 4 is 46.0 Å². The quantitative estimate of drug-likeness (QED) is 0.185. The molecule has 42 heavy (non-hydrogen) atoms. The maximum Gasteiger partial charge on any atom is 0.338 e. The molecule has 1 aromatic heterocycles. The van der Waals surface area contributed by atoms with Crippen molar-refractivity contribution in [2.45, 2.75) is 26.5 Å². The number of allylic oxidation sites excluding steroid dienone is 1. The van der Waals surface area contributed by atoms with Gasteiger partial charge in [-0.15, -0.1) is 0 Å². The van der Waals surface area contributed by atoms with Crippen LogP contribution in [0.4, 0.5) is 8.78 Å². The summed E-state index contributed by atoms with van der Waals surface area (Å²) in [5.74, 6) is -0.354. The van der Waals surface area contributed by atoms with Crippen LogP contribution in [0.2, 0.25) is 0 Å². The van der Waals surface area contributed by atoms with Crippen molar-refractivity contribution in [1.82, 2.24) is 4.57 Å². The highest BCUT2D eigenvalue weighted by Crippen LogP contribution is 2.35. The van der Waals surface area contributed by atoms with Gasteiger partial charge in [-0.05, 0) is 95.6 Å². The van der Waals surface area contributed by atoms with E-state index in [9.17, 15) is 18.4 Å². The molecule has 3 aromatic carbocycles. The number of carbonyl (C=O) groups excluding carboxylic acids is 1. The third-order valence-corrected chi connectivity index (χ3v) is 8.33. The fourth-order valence-electron chi connectivity index (χ4n) is 4.60. The highest BCUT2D eigenvalue weighted by atomic mass is 127. The Morgan fingerprint density at radius 3 is 2.40 bits per heavy atom. The van der Waals surface area contributed by atoms with Gasteiger partial charge < -0.3 is 14.2 Å².